The molecule has 2 heterocycles. The van der Waals surface area contributed by atoms with Crippen molar-refractivity contribution in [2.45, 2.75) is 19.1 Å². The van der Waals surface area contributed by atoms with E-state index in [9.17, 15) is 9.00 Å². The Kier molecular flexibility index (Phi) is 4.90. The monoisotopic (exact) mass is 380 g/mol. The molecule has 0 radical (unpaired) electrons. The number of oxazole rings is 1. The summed E-state index contributed by atoms with van der Waals surface area (Å²) < 4.78 is 18.3. The van der Waals surface area contributed by atoms with Crippen molar-refractivity contribution in [1.82, 2.24) is 4.98 Å². The van der Waals surface area contributed by atoms with Crippen molar-refractivity contribution in [3.05, 3.63) is 71.6 Å². The third-order valence-electron chi connectivity index (χ3n) is 4.68. The first-order valence-electron chi connectivity index (χ1n) is 8.87. The topological polar surface area (TPSA) is 63.4 Å². The molecular formula is C21H20N2O3S. The number of carbonyl (C=O) groups excluding carboxylic acids is 1. The van der Waals surface area contributed by atoms with Crippen LogP contribution in [0.1, 0.15) is 17.0 Å². The molecule has 2 aromatic carbocycles. The normalized spacial score (nSPS) is 14.2. The van der Waals surface area contributed by atoms with E-state index in [1.165, 1.54) is 0 Å². The van der Waals surface area contributed by atoms with Gasteiger partial charge in [-0.25, -0.2) is 4.98 Å². The number of para-hydroxylation sites is 1. The Hall–Kier alpha value is -2.73. The maximum Gasteiger partial charge on any atom is 0.239 e. The van der Waals surface area contributed by atoms with E-state index in [4.69, 9.17) is 4.42 Å². The molecule has 0 saturated carbocycles. The summed E-state index contributed by atoms with van der Waals surface area (Å²) in [6.45, 7) is 2.46. The van der Waals surface area contributed by atoms with Crippen LogP contribution in [0.5, 0.6) is 0 Å². The van der Waals surface area contributed by atoms with Gasteiger partial charge in [0.25, 0.3) is 0 Å². The predicted molar refractivity (Wildman–Crippen MR) is 106 cm³/mol. The minimum absolute atomic E-state index is 0.0126. The highest BCUT2D eigenvalue weighted by Crippen LogP contribution is 2.28. The maximum absolute atomic E-state index is 12.6. The molecule has 0 saturated heterocycles. The van der Waals surface area contributed by atoms with E-state index in [0.717, 1.165) is 23.2 Å². The Balaban J connectivity index is 1.43. The van der Waals surface area contributed by atoms with E-state index >= 15 is 0 Å². The highest BCUT2D eigenvalue weighted by molar-refractivity contribution is 7.84. The molecule has 1 aromatic heterocycles. The lowest BCUT2D eigenvalue weighted by molar-refractivity contribution is -0.116. The first-order chi connectivity index (χ1) is 13.1. The van der Waals surface area contributed by atoms with Crippen molar-refractivity contribution >= 4 is 22.4 Å². The van der Waals surface area contributed by atoms with Gasteiger partial charge < -0.3 is 9.32 Å². The zero-order valence-corrected chi connectivity index (χ0v) is 15.9. The fourth-order valence-corrected chi connectivity index (χ4v) is 4.39. The number of hydrogen-bond acceptors (Lipinski definition) is 4. The summed E-state index contributed by atoms with van der Waals surface area (Å²) in [5.41, 5.74) is 3.61. The maximum atomic E-state index is 12.6. The number of aromatic nitrogens is 1. The molecule has 27 heavy (non-hydrogen) atoms. The first kappa shape index (κ1) is 17.7. The average molecular weight is 380 g/mol. The van der Waals surface area contributed by atoms with Crippen LogP contribution < -0.4 is 4.90 Å². The van der Waals surface area contributed by atoms with Gasteiger partial charge in [0.15, 0.2) is 0 Å². The van der Waals surface area contributed by atoms with Crippen LogP contribution in [0.3, 0.4) is 0 Å². The molecular weight excluding hydrogens is 360 g/mol. The molecule has 138 valence electrons. The minimum atomic E-state index is -1.34. The molecule has 1 aliphatic heterocycles. The van der Waals surface area contributed by atoms with E-state index in [0.29, 0.717) is 23.9 Å². The molecule has 6 heteroatoms. The van der Waals surface area contributed by atoms with Gasteiger partial charge in [-0.05, 0) is 37.1 Å². The minimum Gasteiger partial charge on any atom is -0.441 e. The predicted octanol–water partition coefficient (Wildman–Crippen LogP) is 3.49. The van der Waals surface area contributed by atoms with Crippen LogP contribution in [-0.2, 0) is 27.8 Å². The molecule has 0 unspecified atom stereocenters. The quantitative estimate of drug-likeness (QED) is 0.680. The molecule has 0 spiro atoms. The van der Waals surface area contributed by atoms with Gasteiger partial charge >= 0.3 is 0 Å². The fraction of sp³-hybridized carbons (Fsp3) is 0.238. The number of hydrogen-bond donors (Lipinski definition) is 0. The van der Waals surface area contributed by atoms with Crippen molar-refractivity contribution in [3.63, 3.8) is 0 Å². The first-order valence-corrected chi connectivity index (χ1v) is 10.4. The summed E-state index contributed by atoms with van der Waals surface area (Å²) >= 11 is 0. The molecule has 1 amide bonds. The van der Waals surface area contributed by atoms with Crippen LogP contribution in [0, 0.1) is 6.92 Å². The van der Waals surface area contributed by atoms with Gasteiger partial charge in [-0.1, -0.05) is 36.4 Å². The molecule has 0 N–H and O–H groups in total. The summed E-state index contributed by atoms with van der Waals surface area (Å²) in [5, 5.41) is 0. The lowest BCUT2D eigenvalue weighted by Gasteiger charge is -2.16. The van der Waals surface area contributed by atoms with E-state index in [2.05, 4.69) is 4.98 Å². The lowest BCUT2D eigenvalue weighted by atomic mass is 10.2. The third-order valence-corrected chi connectivity index (χ3v) is 5.85. The van der Waals surface area contributed by atoms with Gasteiger partial charge in [0, 0.05) is 28.6 Å². The van der Waals surface area contributed by atoms with Gasteiger partial charge in [-0.3, -0.25) is 9.00 Å². The Labute approximate surface area is 160 Å². The Morgan fingerprint density at radius 1 is 1.15 bits per heavy atom. The summed E-state index contributed by atoms with van der Waals surface area (Å²) in [5.74, 6) is 1.24. The van der Waals surface area contributed by atoms with Crippen LogP contribution in [-0.4, -0.2) is 27.4 Å². The van der Waals surface area contributed by atoms with E-state index in [1.807, 2.05) is 61.5 Å². The van der Waals surface area contributed by atoms with Crippen molar-refractivity contribution in [2.75, 3.05) is 17.2 Å². The van der Waals surface area contributed by atoms with Crippen LogP contribution in [0.4, 0.5) is 5.69 Å². The Morgan fingerprint density at radius 2 is 1.89 bits per heavy atom. The van der Waals surface area contributed by atoms with Crippen molar-refractivity contribution in [2.24, 2.45) is 0 Å². The second kappa shape index (κ2) is 7.48. The third kappa shape index (κ3) is 3.71. The Morgan fingerprint density at radius 3 is 2.70 bits per heavy atom. The van der Waals surface area contributed by atoms with Gasteiger partial charge in [0.2, 0.25) is 11.8 Å². The van der Waals surface area contributed by atoms with E-state index < -0.39 is 10.8 Å². The van der Waals surface area contributed by atoms with E-state index in [-0.39, 0.29) is 17.4 Å². The molecule has 1 aliphatic rings. The molecule has 1 atom stereocenters. The van der Waals surface area contributed by atoms with Crippen molar-refractivity contribution in [3.8, 4) is 11.5 Å². The van der Waals surface area contributed by atoms with Crippen LogP contribution in [0.15, 0.2) is 59.0 Å². The standard InChI is InChI=1S/C21H20N2O3S/c1-15-18(22-21(26-15)17-8-3-2-4-9-17)13-27(25)14-20(24)23-12-11-16-7-5-6-10-19(16)23/h2-10H,11-14H2,1H3/t27-/m0/s1. The molecule has 0 aliphatic carbocycles. The fourth-order valence-electron chi connectivity index (χ4n) is 3.28. The number of nitrogens with zero attached hydrogens (tertiary/aromatic N) is 2. The average Bonchev–Trinajstić information content (AvgIpc) is 3.26. The smallest absolute Gasteiger partial charge is 0.239 e. The lowest BCUT2D eigenvalue weighted by Crippen LogP contribution is -2.33. The zero-order chi connectivity index (χ0) is 18.8. The summed E-state index contributed by atoms with van der Waals surface area (Å²) in [7, 11) is -1.34. The summed E-state index contributed by atoms with van der Waals surface area (Å²) in [6.07, 6.45) is 0.845. The van der Waals surface area contributed by atoms with Gasteiger partial charge in [-0.2, -0.15) is 0 Å². The molecule has 5 nitrogen and oxygen atoms in total. The number of aryl methyl sites for hydroxylation is 1. The second-order valence-corrected chi connectivity index (χ2v) is 8.00. The van der Waals surface area contributed by atoms with Crippen molar-refractivity contribution in [1.29, 1.82) is 0 Å². The van der Waals surface area contributed by atoms with E-state index in [1.54, 1.807) is 4.90 Å². The number of anilines is 1. The van der Waals surface area contributed by atoms with Gasteiger partial charge in [-0.15, -0.1) is 0 Å². The Bertz CT molecular complexity index is 998. The van der Waals surface area contributed by atoms with Crippen LogP contribution >= 0.6 is 0 Å². The number of amides is 1. The number of fused-ring (bicyclic) bond motifs is 1. The highest BCUT2D eigenvalue weighted by atomic mass is 32.2. The molecule has 0 fully saturated rings. The molecule has 3 aromatic rings. The SMILES string of the molecule is Cc1oc(-c2ccccc2)nc1C[S@](=O)CC(=O)N1CCc2ccccc21. The number of benzene rings is 2. The number of rotatable bonds is 5. The number of carbonyl (C=O) groups is 1. The van der Waals surface area contributed by atoms with Crippen LogP contribution in [0.25, 0.3) is 11.5 Å². The zero-order valence-electron chi connectivity index (χ0n) is 15.1. The summed E-state index contributed by atoms with van der Waals surface area (Å²) in [6, 6.07) is 17.5. The summed E-state index contributed by atoms with van der Waals surface area (Å²) in [4.78, 5) is 18.8. The van der Waals surface area contributed by atoms with Crippen LogP contribution in [0.2, 0.25) is 0 Å². The largest absolute Gasteiger partial charge is 0.441 e. The molecule has 0 bridgehead atoms. The highest BCUT2D eigenvalue weighted by Gasteiger charge is 2.25. The van der Waals surface area contributed by atoms with Crippen molar-refractivity contribution < 1.29 is 13.4 Å². The molecule has 4 rings (SSSR count). The second-order valence-electron chi connectivity index (χ2n) is 6.54. The van der Waals surface area contributed by atoms with Gasteiger partial charge in [0.05, 0.1) is 11.4 Å². The van der Waals surface area contributed by atoms with Gasteiger partial charge in [0.1, 0.15) is 11.5 Å².